The van der Waals surface area contributed by atoms with Gasteiger partial charge in [0, 0.05) is 28.8 Å². The monoisotopic (exact) mass is 410 g/mol. The van der Waals surface area contributed by atoms with Crippen molar-refractivity contribution in [2.75, 3.05) is 11.4 Å². The molecule has 3 aliphatic carbocycles. The van der Waals surface area contributed by atoms with E-state index in [4.69, 9.17) is 0 Å². The van der Waals surface area contributed by atoms with Crippen molar-refractivity contribution < 1.29 is 24.7 Å². The standard InChI is InChI=1S/C22H22N2O6/c1-12-10-16-18(13(2)22(8-9-22)21(3,28)19(16)25)17(12)11-23(20(26)27)14-4-6-15(7-5-14)24(29)30/h4-7,10,28H,8-9,11H2,1-3H3,(H,26,27)/t21-/m0/s1. The van der Waals surface area contributed by atoms with Gasteiger partial charge in [-0.3, -0.25) is 19.8 Å². The highest BCUT2D eigenvalue weighted by Crippen LogP contribution is 2.65. The predicted molar refractivity (Wildman–Crippen MR) is 109 cm³/mol. The van der Waals surface area contributed by atoms with Gasteiger partial charge in [0.05, 0.1) is 11.5 Å². The zero-order chi connectivity index (χ0) is 22.0. The number of anilines is 1. The molecule has 8 heteroatoms. The summed E-state index contributed by atoms with van der Waals surface area (Å²) in [5.74, 6) is -0.327. The van der Waals surface area contributed by atoms with Crippen LogP contribution in [-0.4, -0.2) is 39.2 Å². The Morgan fingerprint density at radius 1 is 1.23 bits per heavy atom. The lowest BCUT2D eigenvalue weighted by Gasteiger charge is -2.39. The van der Waals surface area contributed by atoms with Gasteiger partial charge in [0.25, 0.3) is 5.69 Å². The number of nitrogens with zero attached hydrogens (tertiary/aromatic N) is 2. The molecule has 156 valence electrons. The molecule has 1 aromatic carbocycles. The number of fused-ring (bicyclic) bond motifs is 1. The number of hydrogen-bond acceptors (Lipinski definition) is 5. The molecule has 1 aromatic rings. The third kappa shape index (κ3) is 2.64. The number of nitro groups is 1. The fourth-order valence-electron chi connectivity index (χ4n) is 4.80. The molecular weight excluding hydrogens is 388 g/mol. The molecule has 3 aliphatic rings. The Morgan fingerprint density at radius 3 is 2.33 bits per heavy atom. The lowest BCUT2D eigenvalue weighted by Crippen LogP contribution is -2.49. The number of carbonyl (C=O) groups excluding carboxylic acids is 1. The number of hydrogen-bond donors (Lipinski definition) is 2. The predicted octanol–water partition coefficient (Wildman–Crippen LogP) is 3.77. The number of benzene rings is 1. The van der Waals surface area contributed by atoms with E-state index in [0.29, 0.717) is 24.1 Å². The number of aliphatic hydroxyl groups is 1. The first-order chi connectivity index (χ1) is 14.0. The maximum atomic E-state index is 13.0. The van der Waals surface area contributed by atoms with Gasteiger partial charge in [-0.25, -0.2) is 4.79 Å². The van der Waals surface area contributed by atoms with Crippen molar-refractivity contribution in [2.45, 2.75) is 39.2 Å². The summed E-state index contributed by atoms with van der Waals surface area (Å²) in [6.45, 7) is 5.29. The number of carbonyl (C=O) groups is 2. The topological polar surface area (TPSA) is 121 Å². The average Bonchev–Trinajstić information content (AvgIpc) is 3.44. The highest BCUT2D eigenvalue weighted by Gasteiger charge is 2.65. The number of amides is 1. The van der Waals surface area contributed by atoms with Gasteiger partial charge in [0.2, 0.25) is 0 Å². The zero-order valence-corrected chi connectivity index (χ0v) is 16.9. The molecule has 1 amide bonds. The van der Waals surface area contributed by atoms with E-state index in [0.717, 1.165) is 27.2 Å². The van der Waals surface area contributed by atoms with Gasteiger partial charge in [-0.05, 0) is 68.5 Å². The van der Waals surface area contributed by atoms with Crippen LogP contribution in [0.15, 0.2) is 58.2 Å². The summed E-state index contributed by atoms with van der Waals surface area (Å²) in [7, 11) is 0. The molecule has 8 nitrogen and oxygen atoms in total. The second-order valence-electron chi connectivity index (χ2n) is 8.35. The van der Waals surface area contributed by atoms with Crippen molar-refractivity contribution in [1.82, 2.24) is 0 Å². The first-order valence-corrected chi connectivity index (χ1v) is 9.67. The number of nitro benzene ring substituents is 1. The van der Waals surface area contributed by atoms with Crippen molar-refractivity contribution in [3.8, 4) is 0 Å². The summed E-state index contributed by atoms with van der Waals surface area (Å²) >= 11 is 0. The number of ketones is 1. The van der Waals surface area contributed by atoms with Crippen LogP contribution in [0.4, 0.5) is 16.2 Å². The van der Waals surface area contributed by atoms with Gasteiger partial charge >= 0.3 is 6.09 Å². The highest BCUT2D eigenvalue weighted by atomic mass is 16.6. The van der Waals surface area contributed by atoms with Crippen molar-refractivity contribution >= 4 is 23.3 Å². The molecule has 30 heavy (non-hydrogen) atoms. The molecule has 0 saturated heterocycles. The van der Waals surface area contributed by atoms with Crippen LogP contribution in [0, 0.1) is 15.5 Å². The minimum Gasteiger partial charge on any atom is -0.465 e. The van der Waals surface area contributed by atoms with E-state index in [1.165, 1.54) is 24.3 Å². The van der Waals surface area contributed by atoms with Crippen LogP contribution in [0.25, 0.3) is 0 Å². The SMILES string of the molecule is CC1=C(CN(C(=O)O)c2ccc([N+](=O)[O-])cc2)C2=C(C)C3(CC3)[C@@](C)(O)C(=O)C2=C1. The molecule has 0 unspecified atom stereocenters. The summed E-state index contributed by atoms with van der Waals surface area (Å²) in [6, 6.07) is 5.31. The molecule has 0 aliphatic heterocycles. The van der Waals surface area contributed by atoms with Crippen LogP contribution in [-0.2, 0) is 4.79 Å². The maximum Gasteiger partial charge on any atom is 0.412 e. The largest absolute Gasteiger partial charge is 0.465 e. The number of allylic oxidation sites excluding steroid dienone is 2. The molecule has 1 spiro atoms. The zero-order valence-electron chi connectivity index (χ0n) is 16.9. The molecule has 0 aromatic heterocycles. The Balaban J connectivity index is 1.74. The van der Waals surface area contributed by atoms with Gasteiger partial charge in [0.15, 0.2) is 5.78 Å². The molecule has 1 saturated carbocycles. The number of Topliss-reactive ketones (excluding diaryl/α,β-unsaturated/α-hetero) is 1. The number of rotatable bonds is 4. The molecule has 4 rings (SSSR count). The van der Waals surface area contributed by atoms with Crippen molar-refractivity contribution in [3.63, 3.8) is 0 Å². The van der Waals surface area contributed by atoms with Gasteiger partial charge < -0.3 is 10.2 Å². The van der Waals surface area contributed by atoms with Crippen molar-refractivity contribution in [3.05, 3.63) is 68.3 Å². The molecule has 1 atom stereocenters. The van der Waals surface area contributed by atoms with E-state index in [2.05, 4.69) is 0 Å². The van der Waals surface area contributed by atoms with Gasteiger partial charge in [0.1, 0.15) is 5.60 Å². The molecule has 1 fully saturated rings. The Labute approximate surface area is 173 Å². The quantitative estimate of drug-likeness (QED) is 0.576. The number of non-ortho nitro benzene ring substituents is 1. The average molecular weight is 410 g/mol. The highest BCUT2D eigenvalue weighted by molar-refractivity contribution is 6.11. The fraction of sp³-hybridized carbons (Fsp3) is 0.364. The number of carboxylic acid groups (broad SMARTS) is 1. The first kappa shape index (κ1) is 20.0. The van der Waals surface area contributed by atoms with Crippen LogP contribution >= 0.6 is 0 Å². The Bertz CT molecular complexity index is 1090. The van der Waals surface area contributed by atoms with Crippen LogP contribution in [0.3, 0.4) is 0 Å². The van der Waals surface area contributed by atoms with Crippen LogP contribution < -0.4 is 4.90 Å². The third-order valence-electron chi connectivity index (χ3n) is 6.79. The summed E-state index contributed by atoms with van der Waals surface area (Å²) in [5.41, 5.74) is 1.69. The second-order valence-corrected chi connectivity index (χ2v) is 8.35. The minimum atomic E-state index is -1.47. The second kappa shape index (κ2) is 6.37. The smallest absolute Gasteiger partial charge is 0.412 e. The Kier molecular flexibility index (Phi) is 4.25. The summed E-state index contributed by atoms with van der Waals surface area (Å²) in [5, 5.41) is 31.6. The van der Waals surface area contributed by atoms with Crippen LogP contribution in [0.1, 0.15) is 33.6 Å². The van der Waals surface area contributed by atoms with Gasteiger partial charge in [-0.15, -0.1) is 0 Å². The lowest BCUT2D eigenvalue weighted by atomic mass is 9.67. The van der Waals surface area contributed by atoms with Gasteiger partial charge in [-0.2, -0.15) is 0 Å². The Hall–Kier alpha value is -3.26. The fourth-order valence-corrected chi connectivity index (χ4v) is 4.80. The first-order valence-electron chi connectivity index (χ1n) is 9.67. The molecule has 2 N–H and O–H groups in total. The van der Waals surface area contributed by atoms with Crippen molar-refractivity contribution in [1.29, 1.82) is 0 Å². The normalized spacial score (nSPS) is 24.1. The van der Waals surface area contributed by atoms with E-state index in [1.807, 2.05) is 13.8 Å². The summed E-state index contributed by atoms with van der Waals surface area (Å²) < 4.78 is 0. The maximum absolute atomic E-state index is 13.0. The molecule has 0 heterocycles. The van der Waals surface area contributed by atoms with Crippen molar-refractivity contribution in [2.24, 2.45) is 5.41 Å². The van der Waals surface area contributed by atoms with E-state index in [1.54, 1.807) is 13.0 Å². The van der Waals surface area contributed by atoms with Gasteiger partial charge in [-0.1, -0.05) is 5.57 Å². The summed E-state index contributed by atoms with van der Waals surface area (Å²) in [4.78, 5) is 36.5. The van der Waals surface area contributed by atoms with Crippen LogP contribution in [0.2, 0.25) is 0 Å². The Morgan fingerprint density at radius 2 is 1.83 bits per heavy atom. The molecular formula is C22H22N2O6. The van der Waals surface area contributed by atoms with E-state index < -0.39 is 22.0 Å². The summed E-state index contributed by atoms with van der Waals surface area (Å²) in [6.07, 6.45) is 1.94. The van der Waals surface area contributed by atoms with E-state index in [9.17, 15) is 29.9 Å². The molecule has 0 bridgehead atoms. The minimum absolute atomic E-state index is 0.00282. The lowest BCUT2D eigenvalue weighted by molar-refractivity contribution is -0.384. The third-order valence-corrected chi connectivity index (χ3v) is 6.79. The molecule has 0 radical (unpaired) electrons. The van der Waals surface area contributed by atoms with Crippen LogP contribution in [0.5, 0.6) is 0 Å². The van der Waals surface area contributed by atoms with E-state index >= 15 is 0 Å². The van der Waals surface area contributed by atoms with E-state index in [-0.39, 0.29) is 18.0 Å².